The van der Waals surface area contributed by atoms with Crippen LogP contribution in [0.4, 0.5) is 0 Å². The summed E-state index contributed by atoms with van der Waals surface area (Å²) in [6, 6.07) is 6.68. The van der Waals surface area contributed by atoms with Crippen LogP contribution in [0.5, 0.6) is 0 Å². The summed E-state index contributed by atoms with van der Waals surface area (Å²) in [5.41, 5.74) is 0.448. The van der Waals surface area contributed by atoms with Crippen LogP contribution in [0.25, 0.3) is 0 Å². The molecule has 1 heterocycles. The van der Waals surface area contributed by atoms with Gasteiger partial charge < -0.3 is 5.32 Å². The van der Waals surface area contributed by atoms with Crippen LogP contribution in [0.2, 0.25) is 0 Å². The van der Waals surface area contributed by atoms with Crippen molar-refractivity contribution in [3.8, 4) is 0 Å². The predicted molar refractivity (Wildman–Crippen MR) is 75.3 cm³/mol. The molecule has 5 nitrogen and oxygen atoms in total. The van der Waals surface area contributed by atoms with E-state index in [0.29, 0.717) is 12.0 Å². The zero-order valence-corrected chi connectivity index (χ0v) is 12.3. The van der Waals surface area contributed by atoms with Crippen LogP contribution in [-0.4, -0.2) is 37.2 Å². The molecule has 1 aliphatic rings. The zero-order valence-electron chi connectivity index (χ0n) is 11.5. The molecule has 1 aromatic carbocycles. The van der Waals surface area contributed by atoms with E-state index >= 15 is 0 Å². The third-order valence-electron chi connectivity index (χ3n) is 3.44. The second-order valence-corrected chi connectivity index (χ2v) is 7.74. The first kappa shape index (κ1) is 14.7. The number of aryl methyl sites for hydroxylation is 1. The van der Waals surface area contributed by atoms with Gasteiger partial charge in [0.25, 0.3) is 5.91 Å². The second-order valence-electron chi connectivity index (χ2n) is 5.55. The molecule has 1 atom stereocenters. The van der Waals surface area contributed by atoms with Gasteiger partial charge >= 0.3 is 0 Å². The molecule has 2 rings (SSSR count). The number of sulfone groups is 1. The molecule has 1 amide bonds. The third-order valence-corrected chi connectivity index (χ3v) is 5.34. The highest BCUT2D eigenvalue weighted by atomic mass is 32.2. The molecule has 6 heteroatoms. The molecule has 20 heavy (non-hydrogen) atoms. The normalized spacial score (nSPS) is 24.3. The van der Waals surface area contributed by atoms with Gasteiger partial charge in [-0.2, -0.15) is 0 Å². The summed E-state index contributed by atoms with van der Waals surface area (Å²) in [5.74, 6) is -1.47. The van der Waals surface area contributed by atoms with Gasteiger partial charge in [-0.1, -0.05) is 29.8 Å². The molecule has 108 valence electrons. The number of ketones is 1. The summed E-state index contributed by atoms with van der Waals surface area (Å²) in [4.78, 5) is 23.9. The molecule has 0 aliphatic carbocycles. The van der Waals surface area contributed by atoms with Crippen molar-refractivity contribution in [2.45, 2.75) is 25.8 Å². The molecule has 1 saturated heterocycles. The van der Waals surface area contributed by atoms with Crippen LogP contribution >= 0.6 is 0 Å². The van der Waals surface area contributed by atoms with Crippen molar-refractivity contribution in [1.29, 1.82) is 0 Å². The maximum atomic E-state index is 12.0. The Morgan fingerprint density at radius 3 is 2.30 bits per heavy atom. The van der Waals surface area contributed by atoms with Crippen molar-refractivity contribution in [3.63, 3.8) is 0 Å². The lowest BCUT2D eigenvalue weighted by Gasteiger charge is -2.23. The predicted octanol–water partition coefficient (Wildman–Crippen LogP) is 0.871. The highest BCUT2D eigenvalue weighted by molar-refractivity contribution is 7.91. The van der Waals surface area contributed by atoms with E-state index in [2.05, 4.69) is 5.32 Å². The lowest BCUT2D eigenvalue weighted by atomic mass is 10.0. The highest BCUT2D eigenvalue weighted by Crippen LogP contribution is 2.22. The molecule has 1 N–H and O–H groups in total. The van der Waals surface area contributed by atoms with Gasteiger partial charge in [-0.15, -0.1) is 0 Å². The number of nitrogens with one attached hydrogen (secondary N) is 1. The van der Waals surface area contributed by atoms with E-state index in [1.807, 2.05) is 6.92 Å². The quantitative estimate of drug-likeness (QED) is 0.663. The van der Waals surface area contributed by atoms with Crippen molar-refractivity contribution in [2.24, 2.45) is 0 Å². The molecule has 1 aromatic rings. The van der Waals surface area contributed by atoms with Gasteiger partial charge in [-0.3, -0.25) is 9.59 Å². The van der Waals surface area contributed by atoms with E-state index in [1.54, 1.807) is 31.2 Å². The summed E-state index contributed by atoms with van der Waals surface area (Å²) in [7, 11) is -3.12. The summed E-state index contributed by atoms with van der Waals surface area (Å²) >= 11 is 0. The summed E-state index contributed by atoms with van der Waals surface area (Å²) in [5, 5.41) is 2.56. The number of benzene rings is 1. The molecule has 0 bridgehead atoms. The second kappa shape index (κ2) is 5.01. The first-order valence-electron chi connectivity index (χ1n) is 6.35. The lowest BCUT2D eigenvalue weighted by Crippen LogP contribution is -2.49. The maximum Gasteiger partial charge on any atom is 0.292 e. The lowest BCUT2D eigenvalue weighted by molar-refractivity contribution is -0.118. The molecule has 0 aromatic heterocycles. The van der Waals surface area contributed by atoms with Crippen LogP contribution in [0.15, 0.2) is 24.3 Å². The topological polar surface area (TPSA) is 80.3 Å². The van der Waals surface area contributed by atoms with Crippen LogP contribution in [0.3, 0.4) is 0 Å². The summed E-state index contributed by atoms with van der Waals surface area (Å²) in [6.07, 6.45) is 0.336. The smallest absolute Gasteiger partial charge is 0.292 e. The van der Waals surface area contributed by atoms with Crippen LogP contribution in [0, 0.1) is 6.92 Å². The Kier molecular flexibility index (Phi) is 3.69. The maximum absolute atomic E-state index is 12.0. The summed E-state index contributed by atoms with van der Waals surface area (Å²) < 4.78 is 22.9. The number of amides is 1. The molecule has 0 spiro atoms. The summed E-state index contributed by atoms with van der Waals surface area (Å²) in [6.45, 7) is 3.54. The standard InChI is InChI=1S/C14H17NO4S/c1-10-3-5-11(6-4-10)12(16)13(17)15-14(2)7-8-20(18,19)9-14/h3-6H,7-9H2,1-2H3,(H,15,17)/t14-/m1/s1. The van der Waals surface area contributed by atoms with Crippen molar-refractivity contribution in [3.05, 3.63) is 35.4 Å². The minimum atomic E-state index is -3.12. The molecular formula is C14H17NO4S. The van der Waals surface area contributed by atoms with Crippen molar-refractivity contribution >= 4 is 21.5 Å². The minimum Gasteiger partial charge on any atom is -0.343 e. The first-order valence-corrected chi connectivity index (χ1v) is 8.17. The Bertz CT molecular complexity index is 648. The van der Waals surface area contributed by atoms with Gasteiger partial charge in [0.15, 0.2) is 9.84 Å². The number of hydrogen-bond donors (Lipinski definition) is 1. The van der Waals surface area contributed by atoms with Gasteiger partial charge in [0.05, 0.1) is 17.0 Å². The molecule has 0 saturated carbocycles. The van der Waals surface area contributed by atoms with Gasteiger partial charge in [-0.05, 0) is 20.3 Å². The van der Waals surface area contributed by atoms with Crippen LogP contribution in [0.1, 0.15) is 29.3 Å². The van der Waals surface area contributed by atoms with Gasteiger partial charge in [0, 0.05) is 5.56 Å². The average Bonchev–Trinajstić information content (AvgIpc) is 2.63. The Balaban J connectivity index is 2.09. The van der Waals surface area contributed by atoms with Crippen molar-refractivity contribution in [1.82, 2.24) is 5.32 Å². The average molecular weight is 295 g/mol. The number of carbonyl (C=O) groups excluding carboxylic acids is 2. The number of rotatable bonds is 3. The van der Waals surface area contributed by atoms with E-state index in [0.717, 1.165) is 5.56 Å². The largest absolute Gasteiger partial charge is 0.343 e. The Morgan fingerprint density at radius 1 is 1.20 bits per heavy atom. The van der Waals surface area contributed by atoms with E-state index in [1.165, 1.54) is 0 Å². The van der Waals surface area contributed by atoms with E-state index in [9.17, 15) is 18.0 Å². The Morgan fingerprint density at radius 2 is 1.80 bits per heavy atom. The number of Topliss-reactive ketones (excluding diaryl/α,β-unsaturated/α-hetero) is 1. The van der Waals surface area contributed by atoms with Gasteiger partial charge in [0.2, 0.25) is 5.78 Å². The molecular weight excluding hydrogens is 278 g/mol. The third kappa shape index (κ3) is 3.25. The highest BCUT2D eigenvalue weighted by Gasteiger charge is 2.40. The van der Waals surface area contributed by atoms with E-state index in [-0.39, 0.29) is 11.5 Å². The van der Waals surface area contributed by atoms with E-state index in [4.69, 9.17) is 0 Å². The molecule has 1 fully saturated rings. The SMILES string of the molecule is Cc1ccc(C(=O)C(=O)N[C@]2(C)CCS(=O)(=O)C2)cc1. The molecule has 0 radical (unpaired) electrons. The van der Waals surface area contributed by atoms with E-state index < -0.39 is 27.1 Å². The minimum absolute atomic E-state index is 0.0441. The number of carbonyl (C=O) groups is 2. The fraction of sp³-hybridized carbons (Fsp3) is 0.429. The fourth-order valence-corrected chi connectivity index (χ4v) is 4.37. The van der Waals surface area contributed by atoms with Crippen molar-refractivity contribution in [2.75, 3.05) is 11.5 Å². The Labute approximate surface area is 118 Å². The molecule has 0 unspecified atom stereocenters. The van der Waals surface area contributed by atoms with Crippen molar-refractivity contribution < 1.29 is 18.0 Å². The number of hydrogen-bond acceptors (Lipinski definition) is 4. The van der Waals surface area contributed by atoms with Crippen LogP contribution in [-0.2, 0) is 14.6 Å². The van der Waals surface area contributed by atoms with Gasteiger partial charge in [0.1, 0.15) is 0 Å². The van der Waals surface area contributed by atoms with Gasteiger partial charge in [-0.25, -0.2) is 8.42 Å². The molecule has 1 aliphatic heterocycles. The Hall–Kier alpha value is -1.69. The fourth-order valence-electron chi connectivity index (χ4n) is 2.28. The van der Waals surface area contributed by atoms with Crippen LogP contribution < -0.4 is 5.32 Å². The monoisotopic (exact) mass is 295 g/mol. The zero-order chi connectivity index (χ0) is 15.0. The first-order chi connectivity index (χ1) is 9.21.